The first-order valence-electron chi connectivity index (χ1n) is 8.86. The first kappa shape index (κ1) is 16.6. The number of aromatic nitrogens is 2. The lowest BCUT2D eigenvalue weighted by molar-refractivity contribution is 0.449. The summed E-state index contributed by atoms with van der Waals surface area (Å²) in [6, 6.07) is 19.5. The second-order valence-electron chi connectivity index (χ2n) is 6.65. The van der Waals surface area contributed by atoms with Crippen molar-refractivity contribution in [2.24, 2.45) is 0 Å². The van der Waals surface area contributed by atoms with Gasteiger partial charge < -0.3 is 5.32 Å². The average molecular weight is 396 g/mol. The number of halogens is 1. The lowest BCUT2D eigenvalue weighted by Crippen LogP contribution is -2.25. The van der Waals surface area contributed by atoms with Crippen LogP contribution >= 0.6 is 15.9 Å². The van der Waals surface area contributed by atoms with Crippen LogP contribution < -0.4 is 5.32 Å². The predicted molar refractivity (Wildman–Crippen MR) is 104 cm³/mol. The molecule has 0 amide bonds. The van der Waals surface area contributed by atoms with Gasteiger partial charge in [0.05, 0.1) is 12.7 Å². The Morgan fingerprint density at radius 2 is 1.92 bits per heavy atom. The van der Waals surface area contributed by atoms with Crippen molar-refractivity contribution in [3.05, 3.63) is 87.7 Å². The van der Waals surface area contributed by atoms with Gasteiger partial charge in [0.15, 0.2) is 0 Å². The summed E-state index contributed by atoms with van der Waals surface area (Å²) in [6.45, 7) is 1.74. The van der Waals surface area contributed by atoms with Crippen LogP contribution in [0.2, 0.25) is 0 Å². The molecule has 0 saturated carbocycles. The van der Waals surface area contributed by atoms with Crippen molar-refractivity contribution in [3.8, 4) is 0 Å². The Morgan fingerprint density at radius 1 is 1.08 bits per heavy atom. The maximum atomic E-state index is 4.68. The molecule has 4 rings (SSSR count). The average Bonchev–Trinajstić information content (AvgIpc) is 3.04. The van der Waals surface area contributed by atoms with Crippen molar-refractivity contribution in [2.45, 2.75) is 38.4 Å². The van der Waals surface area contributed by atoms with Crippen LogP contribution in [0.3, 0.4) is 0 Å². The first-order valence-corrected chi connectivity index (χ1v) is 9.65. The van der Waals surface area contributed by atoms with Gasteiger partial charge in [-0.1, -0.05) is 58.4 Å². The molecule has 0 fully saturated rings. The van der Waals surface area contributed by atoms with Crippen LogP contribution in [0, 0.1) is 0 Å². The van der Waals surface area contributed by atoms with E-state index in [-0.39, 0.29) is 0 Å². The van der Waals surface area contributed by atoms with E-state index in [9.17, 15) is 0 Å². The molecule has 0 radical (unpaired) electrons. The van der Waals surface area contributed by atoms with Crippen LogP contribution in [0.5, 0.6) is 0 Å². The van der Waals surface area contributed by atoms with Crippen LogP contribution in [0.25, 0.3) is 0 Å². The van der Waals surface area contributed by atoms with Crippen molar-refractivity contribution in [3.63, 3.8) is 0 Å². The Morgan fingerprint density at radius 3 is 2.76 bits per heavy atom. The highest BCUT2D eigenvalue weighted by Gasteiger charge is 2.23. The van der Waals surface area contributed by atoms with Crippen LogP contribution in [-0.4, -0.2) is 9.78 Å². The SMILES string of the molecule is Brc1cccc(CN[C@H]2CCCc3c2cnn3Cc2ccccc2)c1. The highest BCUT2D eigenvalue weighted by Crippen LogP contribution is 2.30. The smallest absolute Gasteiger partial charge is 0.0662 e. The number of nitrogens with zero attached hydrogens (tertiary/aromatic N) is 2. The molecule has 128 valence electrons. The van der Waals surface area contributed by atoms with Crippen molar-refractivity contribution in [1.82, 2.24) is 15.1 Å². The molecule has 1 aliphatic rings. The summed E-state index contributed by atoms with van der Waals surface area (Å²) in [7, 11) is 0. The molecule has 3 nitrogen and oxygen atoms in total. The summed E-state index contributed by atoms with van der Waals surface area (Å²) < 4.78 is 3.31. The largest absolute Gasteiger partial charge is 0.306 e. The molecule has 0 bridgehead atoms. The van der Waals surface area contributed by atoms with E-state index < -0.39 is 0 Å². The summed E-state index contributed by atoms with van der Waals surface area (Å²) in [5, 5.41) is 8.41. The van der Waals surface area contributed by atoms with E-state index in [1.807, 2.05) is 0 Å². The fraction of sp³-hybridized carbons (Fsp3) is 0.286. The van der Waals surface area contributed by atoms with E-state index in [0.717, 1.165) is 24.0 Å². The second-order valence-corrected chi connectivity index (χ2v) is 7.56. The highest BCUT2D eigenvalue weighted by atomic mass is 79.9. The molecule has 2 aromatic carbocycles. The fourth-order valence-corrected chi connectivity index (χ4v) is 4.06. The molecular weight excluding hydrogens is 374 g/mol. The summed E-state index contributed by atoms with van der Waals surface area (Å²) in [6.07, 6.45) is 5.58. The van der Waals surface area contributed by atoms with Gasteiger partial charge in [-0.25, -0.2) is 0 Å². The normalized spacial score (nSPS) is 16.6. The number of fused-ring (bicyclic) bond motifs is 1. The molecule has 25 heavy (non-hydrogen) atoms. The minimum Gasteiger partial charge on any atom is -0.306 e. The maximum absolute atomic E-state index is 4.68. The van der Waals surface area contributed by atoms with Gasteiger partial charge in [0.1, 0.15) is 0 Å². The van der Waals surface area contributed by atoms with Gasteiger partial charge in [0, 0.05) is 28.3 Å². The van der Waals surface area contributed by atoms with E-state index in [1.165, 1.54) is 35.2 Å². The second kappa shape index (κ2) is 7.54. The molecule has 1 atom stereocenters. The van der Waals surface area contributed by atoms with E-state index in [1.54, 1.807) is 0 Å². The number of rotatable bonds is 5. The Balaban J connectivity index is 1.49. The van der Waals surface area contributed by atoms with E-state index in [0.29, 0.717) is 6.04 Å². The number of hydrogen-bond donors (Lipinski definition) is 1. The van der Waals surface area contributed by atoms with Gasteiger partial charge in [-0.15, -0.1) is 0 Å². The van der Waals surface area contributed by atoms with Gasteiger partial charge in [-0.3, -0.25) is 4.68 Å². The number of hydrogen-bond acceptors (Lipinski definition) is 2. The molecule has 0 spiro atoms. The van der Waals surface area contributed by atoms with Crippen molar-refractivity contribution in [2.75, 3.05) is 0 Å². The minimum atomic E-state index is 0.396. The molecule has 1 heterocycles. The third-order valence-electron chi connectivity index (χ3n) is 4.88. The van der Waals surface area contributed by atoms with Crippen LogP contribution in [-0.2, 0) is 19.5 Å². The molecule has 0 saturated heterocycles. The highest BCUT2D eigenvalue weighted by molar-refractivity contribution is 9.10. The zero-order valence-corrected chi connectivity index (χ0v) is 15.7. The fourth-order valence-electron chi connectivity index (χ4n) is 3.61. The van der Waals surface area contributed by atoms with Crippen molar-refractivity contribution >= 4 is 15.9 Å². The topological polar surface area (TPSA) is 29.9 Å². The quantitative estimate of drug-likeness (QED) is 0.668. The number of nitrogens with one attached hydrogen (secondary N) is 1. The van der Waals surface area contributed by atoms with Crippen molar-refractivity contribution < 1.29 is 0 Å². The zero-order chi connectivity index (χ0) is 17.1. The zero-order valence-electron chi connectivity index (χ0n) is 14.2. The lowest BCUT2D eigenvalue weighted by Gasteiger charge is -2.24. The monoisotopic (exact) mass is 395 g/mol. The Kier molecular flexibility index (Phi) is 4.99. The Labute approximate surface area is 157 Å². The van der Waals surface area contributed by atoms with Gasteiger partial charge in [0.25, 0.3) is 0 Å². The summed E-state index contributed by atoms with van der Waals surface area (Å²) in [4.78, 5) is 0. The predicted octanol–water partition coefficient (Wildman–Crippen LogP) is 4.86. The third kappa shape index (κ3) is 3.86. The maximum Gasteiger partial charge on any atom is 0.0662 e. The standard InChI is InChI=1S/C21H22BrN3/c22-18-9-4-8-17(12-18)13-23-20-10-5-11-21-19(20)14-24-25(21)15-16-6-2-1-3-7-16/h1-4,6-9,12,14,20,23H,5,10-11,13,15H2/t20-/m0/s1. The van der Waals surface area contributed by atoms with E-state index in [4.69, 9.17) is 0 Å². The molecule has 3 aromatic rings. The molecule has 0 unspecified atom stereocenters. The minimum absolute atomic E-state index is 0.396. The molecular formula is C21H22BrN3. The van der Waals surface area contributed by atoms with Crippen molar-refractivity contribution in [1.29, 1.82) is 0 Å². The summed E-state index contributed by atoms with van der Waals surface area (Å²) >= 11 is 3.55. The Bertz CT molecular complexity index is 841. The van der Waals surface area contributed by atoms with Gasteiger partial charge in [-0.05, 0) is 42.5 Å². The summed E-state index contributed by atoms with van der Waals surface area (Å²) in [5.41, 5.74) is 5.37. The third-order valence-corrected chi connectivity index (χ3v) is 5.37. The van der Waals surface area contributed by atoms with Crippen LogP contribution in [0.1, 0.15) is 41.3 Å². The van der Waals surface area contributed by atoms with Crippen LogP contribution in [0.4, 0.5) is 0 Å². The lowest BCUT2D eigenvalue weighted by atomic mass is 9.92. The molecule has 1 N–H and O–H groups in total. The first-order chi connectivity index (χ1) is 12.3. The van der Waals surface area contributed by atoms with Gasteiger partial charge in [0.2, 0.25) is 0 Å². The van der Waals surface area contributed by atoms with Crippen LogP contribution in [0.15, 0.2) is 65.3 Å². The molecule has 1 aromatic heterocycles. The Hall–Kier alpha value is -1.91. The molecule has 4 heteroatoms. The van der Waals surface area contributed by atoms with E-state index >= 15 is 0 Å². The molecule has 0 aliphatic heterocycles. The van der Waals surface area contributed by atoms with E-state index in [2.05, 4.69) is 91.8 Å². The van der Waals surface area contributed by atoms with Gasteiger partial charge >= 0.3 is 0 Å². The summed E-state index contributed by atoms with van der Waals surface area (Å²) in [5.74, 6) is 0. The van der Waals surface area contributed by atoms with Gasteiger partial charge in [-0.2, -0.15) is 5.10 Å². The molecule has 1 aliphatic carbocycles. The number of benzene rings is 2.